The van der Waals surface area contributed by atoms with Gasteiger partial charge in [0.2, 0.25) is 0 Å². The van der Waals surface area contributed by atoms with E-state index in [1.165, 1.54) is 12.1 Å². The maximum atomic E-state index is 9.94. The Morgan fingerprint density at radius 2 is 1.60 bits per heavy atom. The number of aromatic hydroxyl groups is 3. The summed E-state index contributed by atoms with van der Waals surface area (Å²) in [6.07, 6.45) is 0.798. The summed E-state index contributed by atoms with van der Waals surface area (Å²) in [6.45, 7) is 5.63. The molecular formula is C13H22Cl2N2O3. The third-order valence-electron chi connectivity index (χ3n) is 3.43. The highest BCUT2D eigenvalue weighted by Crippen LogP contribution is 2.40. The second-order valence-electron chi connectivity index (χ2n) is 4.61. The van der Waals surface area contributed by atoms with Gasteiger partial charge in [0.15, 0.2) is 0 Å². The fourth-order valence-electron chi connectivity index (χ4n) is 2.59. The second-order valence-corrected chi connectivity index (χ2v) is 4.61. The number of hydrogen-bond acceptors (Lipinski definition) is 5. The third kappa shape index (κ3) is 4.06. The fraction of sp³-hybridized carbons (Fsp3) is 0.538. The number of phenols is 3. The number of benzene rings is 1. The molecular weight excluding hydrogens is 303 g/mol. The van der Waals surface area contributed by atoms with Crippen LogP contribution in [-0.2, 0) is 0 Å². The van der Waals surface area contributed by atoms with Gasteiger partial charge in [-0.05, 0) is 6.42 Å². The van der Waals surface area contributed by atoms with Crippen molar-refractivity contribution in [2.45, 2.75) is 19.4 Å². The Hall–Kier alpha value is -0.880. The molecule has 0 spiro atoms. The zero-order valence-electron chi connectivity index (χ0n) is 11.4. The maximum Gasteiger partial charge on any atom is 0.127 e. The molecule has 0 aliphatic carbocycles. The van der Waals surface area contributed by atoms with Gasteiger partial charge < -0.3 is 20.6 Å². The molecule has 1 heterocycles. The average molecular weight is 325 g/mol. The SMILES string of the molecule is CC[C@H](c1c(O)cc(O)cc1O)N1CCNCC1.Cl.Cl. The fourth-order valence-corrected chi connectivity index (χ4v) is 2.59. The lowest BCUT2D eigenvalue weighted by Gasteiger charge is -2.35. The number of nitrogens with zero attached hydrogens (tertiary/aromatic N) is 1. The van der Waals surface area contributed by atoms with Crippen molar-refractivity contribution < 1.29 is 15.3 Å². The van der Waals surface area contributed by atoms with Crippen molar-refractivity contribution in [3.05, 3.63) is 17.7 Å². The minimum absolute atomic E-state index is 0. The molecule has 1 aliphatic heterocycles. The Balaban J connectivity index is 0.00000180. The standard InChI is InChI=1S/C13H20N2O3.2ClH/c1-2-10(15-5-3-14-4-6-15)13-11(17)7-9(16)8-12(13)18;;/h7-8,10,14,16-18H,2-6H2,1H3;2*1H/t10-;;/m1../s1. The van der Waals surface area contributed by atoms with Crippen molar-refractivity contribution in [2.24, 2.45) is 0 Å². The number of rotatable bonds is 3. The summed E-state index contributed by atoms with van der Waals surface area (Å²) in [5, 5.41) is 32.5. The molecule has 7 heteroatoms. The van der Waals surface area contributed by atoms with Crippen molar-refractivity contribution in [2.75, 3.05) is 26.2 Å². The van der Waals surface area contributed by atoms with E-state index in [0.717, 1.165) is 32.6 Å². The van der Waals surface area contributed by atoms with Gasteiger partial charge in [0.05, 0.1) is 5.56 Å². The summed E-state index contributed by atoms with van der Waals surface area (Å²) in [7, 11) is 0. The van der Waals surface area contributed by atoms with Gasteiger partial charge in [-0.3, -0.25) is 4.90 Å². The summed E-state index contributed by atoms with van der Waals surface area (Å²) in [5.74, 6) is -0.209. The molecule has 0 unspecified atom stereocenters. The van der Waals surface area contributed by atoms with Crippen LogP contribution in [0, 0.1) is 0 Å². The molecule has 5 nitrogen and oxygen atoms in total. The maximum absolute atomic E-state index is 9.94. The van der Waals surface area contributed by atoms with E-state index in [4.69, 9.17) is 0 Å². The van der Waals surface area contributed by atoms with Crippen LogP contribution in [0.4, 0.5) is 0 Å². The van der Waals surface area contributed by atoms with E-state index < -0.39 is 0 Å². The summed E-state index contributed by atoms with van der Waals surface area (Å²) in [4.78, 5) is 2.24. The van der Waals surface area contributed by atoms with Gasteiger partial charge in [-0.1, -0.05) is 6.92 Å². The summed E-state index contributed by atoms with van der Waals surface area (Å²) in [6, 6.07) is 2.53. The van der Waals surface area contributed by atoms with Gasteiger partial charge in [-0.25, -0.2) is 0 Å². The van der Waals surface area contributed by atoms with Crippen molar-refractivity contribution in [3.8, 4) is 17.2 Å². The van der Waals surface area contributed by atoms with Gasteiger partial charge >= 0.3 is 0 Å². The molecule has 1 aliphatic rings. The first-order valence-corrected chi connectivity index (χ1v) is 6.33. The van der Waals surface area contributed by atoms with Crippen molar-refractivity contribution in [3.63, 3.8) is 0 Å². The highest BCUT2D eigenvalue weighted by Gasteiger charge is 2.26. The quantitative estimate of drug-likeness (QED) is 0.684. The van der Waals surface area contributed by atoms with Gasteiger partial charge in [0.25, 0.3) is 0 Å². The van der Waals surface area contributed by atoms with E-state index in [-0.39, 0.29) is 48.1 Å². The van der Waals surface area contributed by atoms with Crippen LogP contribution in [0.2, 0.25) is 0 Å². The van der Waals surface area contributed by atoms with Crippen LogP contribution in [0.25, 0.3) is 0 Å². The first kappa shape index (κ1) is 19.1. The van der Waals surface area contributed by atoms with Crippen molar-refractivity contribution >= 4 is 24.8 Å². The molecule has 0 amide bonds. The number of nitrogens with one attached hydrogen (secondary N) is 1. The summed E-state index contributed by atoms with van der Waals surface area (Å²) in [5.41, 5.74) is 0.511. The number of halogens is 2. The van der Waals surface area contributed by atoms with Crippen molar-refractivity contribution in [1.82, 2.24) is 10.2 Å². The van der Waals surface area contributed by atoms with Crippen LogP contribution >= 0.6 is 24.8 Å². The van der Waals surface area contributed by atoms with E-state index in [1.807, 2.05) is 6.92 Å². The third-order valence-corrected chi connectivity index (χ3v) is 3.43. The predicted octanol–water partition coefficient (Wildman–Crippen LogP) is 2.00. The lowest BCUT2D eigenvalue weighted by Crippen LogP contribution is -2.45. The Kier molecular flexibility index (Phi) is 8.05. The number of piperazine rings is 1. The Morgan fingerprint density at radius 3 is 2.05 bits per heavy atom. The Bertz CT molecular complexity index is 403. The largest absolute Gasteiger partial charge is 0.508 e. The minimum atomic E-state index is -0.121. The molecule has 1 saturated heterocycles. The van der Waals surface area contributed by atoms with Crippen LogP contribution < -0.4 is 5.32 Å². The van der Waals surface area contributed by atoms with Crippen LogP contribution in [0.15, 0.2) is 12.1 Å². The lowest BCUT2D eigenvalue weighted by atomic mass is 9.99. The molecule has 1 fully saturated rings. The van der Waals surface area contributed by atoms with Crippen LogP contribution in [0.3, 0.4) is 0 Å². The summed E-state index contributed by atoms with van der Waals surface area (Å²) < 4.78 is 0. The monoisotopic (exact) mass is 324 g/mol. The zero-order chi connectivity index (χ0) is 13.1. The van der Waals surface area contributed by atoms with E-state index in [2.05, 4.69) is 10.2 Å². The molecule has 0 aromatic heterocycles. The molecule has 0 radical (unpaired) electrons. The lowest BCUT2D eigenvalue weighted by molar-refractivity contribution is 0.164. The summed E-state index contributed by atoms with van der Waals surface area (Å²) >= 11 is 0. The highest BCUT2D eigenvalue weighted by atomic mass is 35.5. The van der Waals surface area contributed by atoms with Crippen LogP contribution in [0.5, 0.6) is 17.2 Å². The molecule has 4 N–H and O–H groups in total. The number of phenolic OH excluding ortho intramolecular Hbond substituents is 3. The first-order valence-electron chi connectivity index (χ1n) is 6.33. The van der Waals surface area contributed by atoms with E-state index >= 15 is 0 Å². The molecule has 0 bridgehead atoms. The van der Waals surface area contributed by atoms with E-state index in [0.29, 0.717) is 5.56 Å². The van der Waals surface area contributed by atoms with Crippen molar-refractivity contribution in [1.29, 1.82) is 0 Å². The Labute approximate surface area is 131 Å². The normalized spacial score (nSPS) is 16.9. The van der Waals surface area contributed by atoms with Gasteiger partial charge in [0.1, 0.15) is 17.2 Å². The Morgan fingerprint density at radius 1 is 1.10 bits per heavy atom. The molecule has 0 saturated carbocycles. The molecule has 2 rings (SSSR count). The molecule has 1 aromatic carbocycles. The highest BCUT2D eigenvalue weighted by molar-refractivity contribution is 5.85. The van der Waals surface area contributed by atoms with Gasteiger partial charge in [0, 0.05) is 44.4 Å². The van der Waals surface area contributed by atoms with Gasteiger partial charge in [-0.2, -0.15) is 0 Å². The van der Waals surface area contributed by atoms with E-state index in [1.54, 1.807) is 0 Å². The molecule has 1 aromatic rings. The molecule has 1 atom stereocenters. The minimum Gasteiger partial charge on any atom is -0.508 e. The average Bonchev–Trinajstić information content (AvgIpc) is 2.34. The zero-order valence-corrected chi connectivity index (χ0v) is 13.0. The first-order chi connectivity index (χ1) is 8.63. The topological polar surface area (TPSA) is 76.0 Å². The number of hydrogen-bond donors (Lipinski definition) is 4. The molecule has 20 heavy (non-hydrogen) atoms. The van der Waals surface area contributed by atoms with Crippen LogP contribution in [-0.4, -0.2) is 46.4 Å². The predicted molar refractivity (Wildman–Crippen MR) is 83.4 cm³/mol. The van der Waals surface area contributed by atoms with Crippen LogP contribution in [0.1, 0.15) is 24.9 Å². The smallest absolute Gasteiger partial charge is 0.127 e. The second kappa shape index (κ2) is 8.42. The van der Waals surface area contributed by atoms with E-state index in [9.17, 15) is 15.3 Å². The van der Waals surface area contributed by atoms with Gasteiger partial charge in [-0.15, -0.1) is 24.8 Å². The molecule has 116 valence electrons.